The van der Waals surface area contributed by atoms with Crippen LogP contribution in [0.2, 0.25) is 0 Å². The standard InChI is InChI=1S/C13H10N2O2S/c1-9(16)15-12(17)7-11(13(15)18-8-14)10-5-3-2-4-6-10/h2-7,13H,1H3. The van der Waals surface area contributed by atoms with E-state index in [0.29, 0.717) is 5.57 Å². The zero-order valence-electron chi connectivity index (χ0n) is 9.66. The summed E-state index contributed by atoms with van der Waals surface area (Å²) in [7, 11) is 0. The molecule has 0 N–H and O–H groups in total. The lowest BCUT2D eigenvalue weighted by Crippen LogP contribution is -2.36. The fraction of sp³-hybridized carbons (Fsp3) is 0.154. The predicted octanol–water partition coefficient (Wildman–Crippen LogP) is 2.00. The zero-order valence-corrected chi connectivity index (χ0v) is 10.5. The van der Waals surface area contributed by atoms with Crippen molar-refractivity contribution in [2.45, 2.75) is 12.3 Å². The van der Waals surface area contributed by atoms with Gasteiger partial charge in [0.05, 0.1) is 0 Å². The molecule has 5 heteroatoms. The Hall–Kier alpha value is -2.06. The first-order chi connectivity index (χ1) is 8.65. The van der Waals surface area contributed by atoms with Gasteiger partial charge in [-0.3, -0.25) is 14.5 Å². The highest BCUT2D eigenvalue weighted by molar-refractivity contribution is 8.04. The van der Waals surface area contributed by atoms with Crippen molar-refractivity contribution in [1.29, 1.82) is 5.26 Å². The summed E-state index contributed by atoms with van der Waals surface area (Å²) >= 11 is 0.904. The molecule has 1 heterocycles. The molecule has 90 valence electrons. The second kappa shape index (κ2) is 5.07. The quantitative estimate of drug-likeness (QED) is 0.761. The van der Waals surface area contributed by atoms with Crippen LogP contribution in [-0.2, 0) is 9.59 Å². The molecular formula is C13H10N2O2S. The van der Waals surface area contributed by atoms with E-state index in [4.69, 9.17) is 5.26 Å². The van der Waals surface area contributed by atoms with Gasteiger partial charge in [0, 0.05) is 13.0 Å². The van der Waals surface area contributed by atoms with E-state index in [1.165, 1.54) is 13.0 Å². The molecule has 0 saturated carbocycles. The lowest BCUT2D eigenvalue weighted by Gasteiger charge is -2.21. The molecule has 0 saturated heterocycles. The monoisotopic (exact) mass is 258 g/mol. The van der Waals surface area contributed by atoms with Gasteiger partial charge in [0.1, 0.15) is 10.8 Å². The van der Waals surface area contributed by atoms with Crippen LogP contribution in [0.25, 0.3) is 5.57 Å². The SMILES string of the molecule is CC(=O)N1C(=O)C=C(c2ccccc2)C1SC#N. The number of carbonyl (C=O) groups is 2. The molecule has 2 amide bonds. The van der Waals surface area contributed by atoms with Crippen molar-refractivity contribution in [1.82, 2.24) is 4.90 Å². The largest absolute Gasteiger partial charge is 0.275 e. The van der Waals surface area contributed by atoms with Crippen LogP contribution in [0.5, 0.6) is 0 Å². The Balaban J connectivity index is 2.42. The first-order valence-electron chi connectivity index (χ1n) is 5.30. The zero-order chi connectivity index (χ0) is 13.1. The van der Waals surface area contributed by atoms with E-state index >= 15 is 0 Å². The van der Waals surface area contributed by atoms with Crippen LogP contribution in [0.15, 0.2) is 36.4 Å². The average Bonchev–Trinajstić information content (AvgIpc) is 2.68. The Kier molecular flexibility index (Phi) is 3.49. The molecule has 4 nitrogen and oxygen atoms in total. The molecule has 1 unspecified atom stereocenters. The Labute approximate surface area is 109 Å². The van der Waals surface area contributed by atoms with Crippen LogP contribution in [-0.4, -0.2) is 22.1 Å². The smallest absolute Gasteiger partial charge is 0.254 e. The van der Waals surface area contributed by atoms with Gasteiger partial charge in [-0.1, -0.05) is 30.3 Å². The lowest BCUT2D eigenvalue weighted by atomic mass is 10.1. The minimum absolute atomic E-state index is 0.352. The van der Waals surface area contributed by atoms with Gasteiger partial charge in [0.2, 0.25) is 5.91 Å². The Morgan fingerprint density at radius 2 is 2.06 bits per heavy atom. The summed E-state index contributed by atoms with van der Waals surface area (Å²) in [5.41, 5.74) is 1.55. The number of thioether (sulfide) groups is 1. The minimum Gasteiger partial charge on any atom is -0.275 e. The van der Waals surface area contributed by atoms with Gasteiger partial charge in [-0.2, -0.15) is 5.26 Å². The fourth-order valence-corrected chi connectivity index (χ4v) is 2.66. The van der Waals surface area contributed by atoms with Crippen molar-refractivity contribution in [2.24, 2.45) is 0 Å². The number of amides is 2. The van der Waals surface area contributed by atoms with E-state index in [1.54, 1.807) is 0 Å². The molecule has 1 aliphatic rings. The molecule has 1 atom stereocenters. The topological polar surface area (TPSA) is 61.2 Å². The highest BCUT2D eigenvalue weighted by Crippen LogP contribution is 2.35. The van der Waals surface area contributed by atoms with E-state index in [0.717, 1.165) is 22.2 Å². The summed E-state index contributed by atoms with van der Waals surface area (Å²) in [5, 5.41) is 10.2. The Morgan fingerprint density at radius 3 is 2.61 bits per heavy atom. The maximum Gasteiger partial charge on any atom is 0.254 e. The number of thiocyanates is 1. The predicted molar refractivity (Wildman–Crippen MR) is 68.9 cm³/mol. The third-order valence-corrected chi connectivity index (χ3v) is 3.42. The van der Waals surface area contributed by atoms with E-state index in [1.807, 2.05) is 35.7 Å². The molecule has 1 aliphatic heterocycles. The van der Waals surface area contributed by atoms with Gasteiger partial charge >= 0.3 is 0 Å². The highest BCUT2D eigenvalue weighted by Gasteiger charge is 2.36. The number of benzene rings is 1. The van der Waals surface area contributed by atoms with E-state index in [-0.39, 0.29) is 11.8 Å². The number of carbonyl (C=O) groups excluding carboxylic acids is 2. The average molecular weight is 258 g/mol. The molecule has 0 fully saturated rings. The first-order valence-corrected chi connectivity index (χ1v) is 6.18. The molecule has 0 bridgehead atoms. The number of hydrogen-bond donors (Lipinski definition) is 0. The Morgan fingerprint density at radius 1 is 1.39 bits per heavy atom. The lowest BCUT2D eigenvalue weighted by molar-refractivity contribution is -0.139. The van der Waals surface area contributed by atoms with Crippen molar-refractivity contribution in [3.63, 3.8) is 0 Å². The molecule has 0 radical (unpaired) electrons. The molecule has 2 rings (SSSR count). The summed E-state index contributed by atoms with van der Waals surface area (Å²) in [6.45, 7) is 1.32. The Bertz CT molecular complexity index is 560. The van der Waals surface area contributed by atoms with Crippen molar-refractivity contribution >= 4 is 29.1 Å². The van der Waals surface area contributed by atoms with Crippen LogP contribution in [0.4, 0.5) is 0 Å². The molecule has 0 aromatic heterocycles. The number of nitriles is 1. The van der Waals surface area contributed by atoms with Crippen molar-refractivity contribution in [3.8, 4) is 5.40 Å². The maximum absolute atomic E-state index is 11.8. The summed E-state index contributed by atoms with van der Waals surface area (Å²) in [5.74, 6) is -0.718. The van der Waals surface area contributed by atoms with Crippen LogP contribution in [0.1, 0.15) is 12.5 Å². The molecular weight excluding hydrogens is 248 g/mol. The van der Waals surface area contributed by atoms with Gasteiger partial charge in [0.25, 0.3) is 5.91 Å². The summed E-state index contributed by atoms with van der Waals surface area (Å²) in [4.78, 5) is 24.4. The van der Waals surface area contributed by atoms with Gasteiger partial charge < -0.3 is 0 Å². The van der Waals surface area contributed by atoms with Gasteiger partial charge in [-0.25, -0.2) is 0 Å². The van der Waals surface area contributed by atoms with Crippen molar-refractivity contribution < 1.29 is 9.59 Å². The van der Waals surface area contributed by atoms with E-state index in [9.17, 15) is 9.59 Å². The minimum atomic E-state index is -0.553. The second-order valence-corrected chi connectivity index (χ2v) is 4.62. The molecule has 0 spiro atoms. The van der Waals surface area contributed by atoms with E-state index < -0.39 is 5.37 Å². The van der Waals surface area contributed by atoms with Crippen LogP contribution < -0.4 is 0 Å². The number of rotatable bonds is 2. The second-order valence-electron chi connectivity index (χ2n) is 3.75. The fourth-order valence-electron chi connectivity index (χ4n) is 1.87. The molecule has 1 aromatic carbocycles. The summed E-state index contributed by atoms with van der Waals surface area (Å²) in [6.07, 6.45) is 1.42. The van der Waals surface area contributed by atoms with Gasteiger partial charge in [-0.15, -0.1) is 0 Å². The highest BCUT2D eigenvalue weighted by atomic mass is 32.2. The van der Waals surface area contributed by atoms with Crippen LogP contribution in [0, 0.1) is 10.7 Å². The molecule has 1 aromatic rings. The van der Waals surface area contributed by atoms with Gasteiger partial charge in [0.15, 0.2) is 0 Å². The normalized spacial score (nSPS) is 18.4. The van der Waals surface area contributed by atoms with Crippen molar-refractivity contribution in [2.75, 3.05) is 0 Å². The third-order valence-electron chi connectivity index (χ3n) is 2.63. The first kappa shape index (κ1) is 12.4. The van der Waals surface area contributed by atoms with Crippen LogP contribution in [0.3, 0.4) is 0 Å². The third kappa shape index (κ3) is 2.15. The van der Waals surface area contributed by atoms with E-state index in [2.05, 4.69) is 0 Å². The summed E-state index contributed by atoms with van der Waals surface area (Å²) < 4.78 is 0. The molecule has 18 heavy (non-hydrogen) atoms. The van der Waals surface area contributed by atoms with Gasteiger partial charge in [-0.05, 0) is 22.9 Å². The number of nitrogens with zero attached hydrogens (tertiary/aromatic N) is 2. The van der Waals surface area contributed by atoms with Crippen molar-refractivity contribution in [3.05, 3.63) is 42.0 Å². The number of imide groups is 1. The number of hydrogen-bond acceptors (Lipinski definition) is 4. The summed E-state index contributed by atoms with van der Waals surface area (Å²) in [6, 6.07) is 9.29. The maximum atomic E-state index is 11.8. The molecule has 0 aliphatic carbocycles. The van der Waals surface area contributed by atoms with Crippen LogP contribution >= 0.6 is 11.8 Å².